The molecule has 0 saturated heterocycles. The van der Waals surface area contributed by atoms with Crippen LogP contribution in [0, 0.1) is 5.41 Å². The minimum atomic E-state index is -0.191. The Balaban J connectivity index is 2.65. The van der Waals surface area contributed by atoms with E-state index >= 15 is 0 Å². The van der Waals surface area contributed by atoms with Crippen molar-refractivity contribution in [2.24, 2.45) is 0 Å². The summed E-state index contributed by atoms with van der Waals surface area (Å²) in [4.78, 5) is 11.6. The molecule has 1 rings (SSSR count). The Kier molecular flexibility index (Phi) is 3.05. The van der Waals surface area contributed by atoms with Gasteiger partial charge in [0.1, 0.15) is 5.04 Å². The predicted octanol–water partition coefficient (Wildman–Crippen LogP) is 2.34. The van der Waals surface area contributed by atoms with E-state index in [4.69, 9.17) is 5.41 Å². The molecule has 0 bridgehead atoms. The van der Waals surface area contributed by atoms with E-state index in [2.05, 4.69) is 0 Å². The molecule has 0 atom stereocenters. The molecule has 3 heteroatoms. The van der Waals surface area contributed by atoms with Crippen molar-refractivity contribution in [3.63, 3.8) is 0 Å². The van der Waals surface area contributed by atoms with Crippen molar-refractivity contribution in [2.75, 3.05) is 0 Å². The Labute approximate surface area is 75.5 Å². The third-order valence-corrected chi connectivity index (χ3v) is 2.28. The number of thioether (sulfide) groups is 1. The first kappa shape index (κ1) is 9.00. The van der Waals surface area contributed by atoms with Crippen molar-refractivity contribution < 1.29 is 4.79 Å². The zero-order chi connectivity index (χ0) is 8.97. The Hall–Kier alpha value is -1.09. The van der Waals surface area contributed by atoms with Gasteiger partial charge >= 0.3 is 0 Å². The Morgan fingerprint density at radius 3 is 2.42 bits per heavy atom. The summed E-state index contributed by atoms with van der Waals surface area (Å²) < 4.78 is 0. The third-order valence-electron chi connectivity index (χ3n) is 1.28. The fraction of sp³-hybridized carbons (Fsp3) is 0.111. The van der Waals surface area contributed by atoms with Crippen LogP contribution in [0.3, 0.4) is 0 Å². The largest absolute Gasteiger partial charge is 0.292 e. The van der Waals surface area contributed by atoms with Crippen LogP contribution in [0.4, 0.5) is 0 Å². The molecule has 0 saturated carbocycles. The SMILES string of the molecule is CC(=O)C(=N)Sc1ccccc1. The fourth-order valence-corrected chi connectivity index (χ4v) is 1.35. The van der Waals surface area contributed by atoms with Crippen LogP contribution in [0.1, 0.15) is 6.92 Å². The second-order valence-corrected chi connectivity index (χ2v) is 3.38. The maximum atomic E-state index is 10.7. The lowest BCUT2D eigenvalue weighted by molar-refractivity contribution is -0.110. The molecule has 0 aliphatic heterocycles. The van der Waals surface area contributed by atoms with Gasteiger partial charge in [-0.05, 0) is 12.1 Å². The number of hydrogen-bond donors (Lipinski definition) is 1. The van der Waals surface area contributed by atoms with Crippen LogP contribution in [0.5, 0.6) is 0 Å². The van der Waals surface area contributed by atoms with E-state index in [1.165, 1.54) is 18.7 Å². The Bertz CT molecular complexity index is 295. The molecule has 0 heterocycles. The summed E-state index contributed by atoms with van der Waals surface area (Å²) in [5.74, 6) is -0.191. The molecule has 62 valence electrons. The molecule has 0 aliphatic rings. The topological polar surface area (TPSA) is 40.9 Å². The van der Waals surface area contributed by atoms with E-state index in [0.717, 1.165) is 4.90 Å². The number of benzene rings is 1. The second-order valence-electron chi connectivity index (χ2n) is 2.30. The maximum Gasteiger partial charge on any atom is 0.184 e. The van der Waals surface area contributed by atoms with Crippen molar-refractivity contribution in [1.82, 2.24) is 0 Å². The van der Waals surface area contributed by atoms with Gasteiger partial charge in [-0.3, -0.25) is 10.2 Å². The number of rotatable bonds is 2. The zero-order valence-corrected chi connectivity index (χ0v) is 7.52. The number of carbonyl (C=O) groups excluding carboxylic acids is 1. The van der Waals surface area contributed by atoms with Crippen LogP contribution in [0.25, 0.3) is 0 Å². The van der Waals surface area contributed by atoms with Crippen LogP contribution in [-0.4, -0.2) is 10.8 Å². The smallest absolute Gasteiger partial charge is 0.184 e. The average molecular weight is 179 g/mol. The highest BCUT2D eigenvalue weighted by atomic mass is 32.2. The maximum absolute atomic E-state index is 10.7. The summed E-state index contributed by atoms with van der Waals surface area (Å²) in [6, 6.07) is 9.43. The van der Waals surface area contributed by atoms with E-state index in [0.29, 0.717) is 0 Å². The van der Waals surface area contributed by atoms with Gasteiger partial charge in [-0.15, -0.1) is 0 Å². The summed E-state index contributed by atoms with van der Waals surface area (Å²) in [6.45, 7) is 1.40. The molecule has 0 aliphatic carbocycles. The summed E-state index contributed by atoms with van der Waals surface area (Å²) in [5.41, 5.74) is 0. The average Bonchev–Trinajstić information content (AvgIpc) is 2.06. The highest BCUT2D eigenvalue weighted by Gasteiger charge is 2.03. The number of ketones is 1. The molecular formula is C9H9NOS. The van der Waals surface area contributed by atoms with Gasteiger partial charge in [0.15, 0.2) is 5.78 Å². The molecule has 2 nitrogen and oxygen atoms in total. The quantitative estimate of drug-likeness (QED) is 0.430. The van der Waals surface area contributed by atoms with Gasteiger partial charge in [0, 0.05) is 11.8 Å². The number of nitrogens with one attached hydrogen (secondary N) is 1. The lowest BCUT2D eigenvalue weighted by atomic mass is 10.4. The normalized spacial score (nSPS) is 9.42. The summed E-state index contributed by atoms with van der Waals surface area (Å²) >= 11 is 1.19. The predicted molar refractivity (Wildman–Crippen MR) is 50.7 cm³/mol. The molecule has 1 N–H and O–H groups in total. The van der Waals surface area contributed by atoms with Gasteiger partial charge in [0.05, 0.1) is 0 Å². The number of hydrogen-bond acceptors (Lipinski definition) is 3. The molecule has 12 heavy (non-hydrogen) atoms. The van der Waals surface area contributed by atoms with Crippen molar-refractivity contribution in [2.45, 2.75) is 11.8 Å². The summed E-state index contributed by atoms with van der Waals surface area (Å²) in [7, 11) is 0. The summed E-state index contributed by atoms with van der Waals surface area (Å²) in [6.07, 6.45) is 0. The van der Waals surface area contributed by atoms with Gasteiger partial charge in [0.25, 0.3) is 0 Å². The van der Waals surface area contributed by atoms with Crippen LogP contribution >= 0.6 is 11.8 Å². The first-order chi connectivity index (χ1) is 5.70. The highest BCUT2D eigenvalue weighted by Crippen LogP contribution is 2.17. The van der Waals surface area contributed by atoms with Crippen molar-refractivity contribution >= 4 is 22.6 Å². The standard InChI is InChI=1S/C9H9NOS/c1-7(11)9(10)12-8-5-3-2-4-6-8/h2-6,10H,1H3. The summed E-state index contributed by atoms with van der Waals surface area (Å²) in [5, 5.41) is 7.38. The minimum Gasteiger partial charge on any atom is -0.292 e. The molecule has 1 aromatic rings. The molecule has 0 unspecified atom stereocenters. The molecule has 0 fully saturated rings. The molecule has 1 aromatic carbocycles. The number of carbonyl (C=O) groups is 1. The van der Waals surface area contributed by atoms with Crippen molar-refractivity contribution in [3.8, 4) is 0 Å². The minimum absolute atomic E-state index is 0.0844. The first-order valence-corrected chi connectivity index (χ1v) is 4.34. The molecule has 0 amide bonds. The molecule has 0 spiro atoms. The highest BCUT2D eigenvalue weighted by molar-refractivity contribution is 8.15. The van der Waals surface area contributed by atoms with Crippen LogP contribution < -0.4 is 0 Å². The molecule has 0 aromatic heterocycles. The zero-order valence-electron chi connectivity index (χ0n) is 6.70. The monoisotopic (exact) mass is 179 g/mol. The lowest BCUT2D eigenvalue weighted by Crippen LogP contribution is -2.02. The van der Waals surface area contributed by atoms with Crippen molar-refractivity contribution in [1.29, 1.82) is 5.41 Å². The van der Waals surface area contributed by atoms with E-state index in [9.17, 15) is 4.79 Å². The second kappa shape index (κ2) is 4.07. The van der Waals surface area contributed by atoms with Gasteiger partial charge in [-0.2, -0.15) is 0 Å². The van der Waals surface area contributed by atoms with Gasteiger partial charge < -0.3 is 0 Å². The Morgan fingerprint density at radius 1 is 1.33 bits per heavy atom. The van der Waals surface area contributed by atoms with Gasteiger partial charge in [-0.25, -0.2) is 0 Å². The fourth-order valence-electron chi connectivity index (χ4n) is 0.678. The van der Waals surface area contributed by atoms with E-state index in [1.807, 2.05) is 30.3 Å². The van der Waals surface area contributed by atoms with Crippen LogP contribution in [0.15, 0.2) is 35.2 Å². The first-order valence-electron chi connectivity index (χ1n) is 3.52. The van der Waals surface area contributed by atoms with Crippen LogP contribution in [-0.2, 0) is 4.79 Å². The van der Waals surface area contributed by atoms with Crippen molar-refractivity contribution in [3.05, 3.63) is 30.3 Å². The number of Topliss-reactive ketones (excluding diaryl/α,β-unsaturated/α-hetero) is 1. The lowest BCUT2D eigenvalue weighted by Gasteiger charge is -1.97. The van der Waals surface area contributed by atoms with Gasteiger partial charge in [-0.1, -0.05) is 30.0 Å². The Morgan fingerprint density at radius 2 is 1.92 bits per heavy atom. The molecule has 0 radical (unpaired) electrons. The van der Waals surface area contributed by atoms with E-state index < -0.39 is 0 Å². The van der Waals surface area contributed by atoms with Crippen LogP contribution in [0.2, 0.25) is 0 Å². The van der Waals surface area contributed by atoms with E-state index in [-0.39, 0.29) is 10.8 Å². The van der Waals surface area contributed by atoms with Gasteiger partial charge in [0.2, 0.25) is 0 Å². The molecular weight excluding hydrogens is 170 g/mol. The van der Waals surface area contributed by atoms with E-state index in [1.54, 1.807) is 0 Å². The third kappa shape index (κ3) is 2.51.